The van der Waals surface area contributed by atoms with Gasteiger partial charge in [-0.25, -0.2) is 10.3 Å². The second-order valence-corrected chi connectivity index (χ2v) is 4.07. The maximum absolute atomic E-state index is 11.8. The molecule has 0 saturated carbocycles. The lowest BCUT2D eigenvalue weighted by Gasteiger charge is -2.22. The van der Waals surface area contributed by atoms with Crippen LogP contribution in [0.4, 0.5) is 0 Å². The molecule has 4 nitrogen and oxygen atoms in total. The Morgan fingerprint density at radius 3 is 3.11 bits per heavy atom. The summed E-state index contributed by atoms with van der Waals surface area (Å²) in [4.78, 5) is 17.0. The van der Waals surface area contributed by atoms with Gasteiger partial charge in [-0.05, 0) is 31.0 Å². The van der Waals surface area contributed by atoms with Crippen LogP contribution in [0.25, 0.3) is 0 Å². The lowest BCUT2D eigenvalue weighted by Crippen LogP contribution is -2.33. The fraction of sp³-hybridized carbons (Fsp3) is 0.357. The smallest absolute Gasteiger partial charge is 0.274 e. The van der Waals surface area contributed by atoms with Crippen LogP contribution in [0, 0.1) is 12.3 Å². The molecule has 1 aromatic rings. The van der Waals surface area contributed by atoms with E-state index in [1.54, 1.807) is 24.3 Å². The first-order valence-electron chi connectivity index (χ1n) is 5.94. The maximum atomic E-state index is 11.8. The zero-order chi connectivity index (χ0) is 12.8. The Bertz CT molecular complexity index is 458. The molecule has 1 N–H and O–H groups in total. The van der Waals surface area contributed by atoms with Gasteiger partial charge in [0.2, 0.25) is 0 Å². The second-order valence-electron chi connectivity index (χ2n) is 4.07. The maximum Gasteiger partial charge on any atom is 0.274 e. The third-order valence-electron chi connectivity index (χ3n) is 2.71. The number of hydroxylamine groups is 1. The largest absolute Gasteiger partial charge is 0.350 e. The minimum absolute atomic E-state index is 0.318. The Kier molecular flexibility index (Phi) is 4.35. The van der Waals surface area contributed by atoms with Crippen LogP contribution < -0.4 is 5.48 Å². The Labute approximate surface area is 106 Å². The van der Waals surface area contributed by atoms with Crippen molar-refractivity contribution < 1.29 is 14.4 Å². The highest BCUT2D eigenvalue weighted by Crippen LogP contribution is 2.12. The number of carbonyl (C=O) groups excluding carboxylic acids is 1. The molecular weight excluding hydrogens is 230 g/mol. The average molecular weight is 245 g/mol. The summed E-state index contributed by atoms with van der Waals surface area (Å²) < 4.78 is 5.34. The van der Waals surface area contributed by atoms with E-state index in [0.29, 0.717) is 17.7 Å². The van der Waals surface area contributed by atoms with Crippen LogP contribution in [-0.2, 0) is 9.57 Å². The zero-order valence-electron chi connectivity index (χ0n) is 10.0. The fourth-order valence-corrected chi connectivity index (χ4v) is 1.73. The summed E-state index contributed by atoms with van der Waals surface area (Å²) in [6, 6.07) is 6.82. The van der Waals surface area contributed by atoms with Gasteiger partial charge in [0.25, 0.3) is 5.91 Å². The summed E-state index contributed by atoms with van der Waals surface area (Å²) in [5.41, 5.74) is 3.52. The standard InChI is InChI=1S/C14H15NO3/c1-2-11-6-5-7-12(10-11)14(16)15-18-13-8-3-4-9-17-13/h1,5-7,10,13H,3-4,8-9H2,(H,15,16). The molecule has 0 aliphatic carbocycles. The van der Waals surface area contributed by atoms with Crippen molar-refractivity contribution in [3.8, 4) is 12.3 Å². The summed E-state index contributed by atoms with van der Waals surface area (Å²) in [5.74, 6) is 2.16. The van der Waals surface area contributed by atoms with E-state index in [9.17, 15) is 4.79 Å². The Balaban J connectivity index is 1.89. The molecule has 1 saturated heterocycles. The van der Waals surface area contributed by atoms with Crippen LogP contribution in [0.3, 0.4) is 0 Å². The summed E-state index contributed by atoms with van der Waals surface area (Å²) in [7, 11) is 0. The van der Waals surface area contributed by atoms with E-state index in [4.69, 9.17) is 16.0 Å². The monoisotopic (exact) mass is 245 g/mol. The van der Waals surface area contributed by atoms with Gasteiger partial charge in [-0.1, -0.05) is 12.0 Å². The molecule has 1 aromatic carbocycles. The third kappa shape index (κ3) is 3.33. The number of nitrogens with one attached hydrogen (secondary N) is 1. The molecule has 1 heterocycles. The summed E-state index contributed by atoms with van der Waals surface area (Å²) in [6.45, 7) is 0.674. The zero-order valence-corrected chi connectivity index (χ0v) is 10.0. The molecule has 0 spiro atoms. The second kappa shape index (κ2) is 6.20. The SMILES string of the molecule is C#Cc1cccc(C(=O)NOC2CCCCO2)c1. The first-order chi connectivity index (χ1) is 8.79. The van der Waals surface area contributed by atoms with Crippen molar-refractivity contribution in [3.63, 3.8) is 0 Å². The Morgan fingerprint density at radius 2 is 2.39 bits per heavy atom. The quantitative estimate of drug-likeness (QED) is 0.653. The molecule has 1 aliphatic rings. The fourth-order valence-electron chi connectivity index (χ4n) is 1.73. The molecule has 18 heavy (non-hydrogen) atoms. The van der Waals surface area contributed by atoms with Crippen LogP contribution in [0.15, 0.2) is 24.3 Å². The number of benzene rings is 1. The number of amides is 1. The van der Waals surface area contributed by atoms with Gasteiger partial charge in [0.1, 0.15) is 0 Å². The van der Waals surface area contributed by atoms with Crippen LogP contribution in [0.5, 0.6) is 0 Å². The van der Waals surface area contributed by atoms with Gasteiger partial charge in [-0.3, -0.25) is 4.79 Å². The summed E-state index contributed by atoms with van der Waals surface area (Å²) in [6.07, 6.45) is 7.81. The molecular formula is C14H15NO3. The van der Waals surface area contributed by atoms with E-state index in [2.05, 4.69) is 11.4 Å². The van der Waals surface area contributed by atoms with Crippen LogP contribution in [0.1, 0.15) is 35.2 Å². The molecule has 94 valence electrons. The van der Waals surface area contributed by atoms with Gasteiger partial charge in [0.05, 0.1) is 0 Å². The molecule has 2 rings (SSSR count). The molecule has 1 fully saturated rings. The molecule has 4 heteroatoms. The van der Waals surface area contributed by atoms with E-state index >= 15 is 0 Å². The lowest BCUT2D eigenvalue weighted by molar-refractivity contribution is -0.186. The molecule has 0 radical (unpaired) electrons. The van der Waals surface area contributed by atoms with Crippen molar-refractivity contribution in [3.05, 3.63) is 35.4 Å². The van der Waals surface area contributed by atoms with Crippen LogP contribution in [-0.4, -0.2) is 18.8 Å². The van der Waals surface area contributed by atoms with Gasteiger partial charge in [0.15, 0.2) is 6.29 Å². The number of ether oxygens (including phenoxy) is 1. The van der Waals surface area contributed by atoms with Gasteiger partial charge in [-0.2, -0.15) is 0 Å². The topological polar surface area (TPSA) is 47.6 Å². The van der Waals surface area contributed by atoms with E-state index < -0.39 is 0 Å². The normalized spacial score (nSPS) is 18.9. The van der Waals surface area contributed by atoms with Crippen molar-refractivity contribution in [2.45, 2.75) is 25.6 Å². The van der Waals surface area contributed by atoms with E-state index in [-0.39, 0.29) is 12.2 Å². The average Bonchev–Trinajstić information content (AvgIpc) is 2.46. The highest BCUT2D eigenvalue weighted by Gasteiger charge is 2.16. The highest BCUT2D eigenvalue weighted by molar-refractivity contribution is 5.93. The number of hydrogen-bond acceptors (Lipinski definition) is 3. The molecule has 1 amide bonds. The minimum Gasteiger partial charge on any atom is -0.350 e. The van der Waals surface area contributed by atoms with Crippen molar-refractivity contribution in [2.24, 2.45) is 0 Å². The summed E-state index contributed by atoms with van der Waals surface area (Å²) in [5, 5.41) is 0. The van der Waals surface area contributed by atoms with Crippen LogP contribution in [0.2, 0.25) is 0 Å². The number of rotatable bonds is 3. The molecule has 0 bridgehead atoms. The third-order valence-corrected chi connectivity index (χ3v) is 2.71. The molecule has 1 unspecified atom stereocenters. The van der Waals surface area contributed by atoms with Crippen molar-refractivity contribution in [1.29, 1.82) is 0 Å². The predicted molar refractivity (Wildman–Crippen MR) is 66.5 cm³/mol. The Hall–Kier alpha value is -1.83. The minimum atomic E-state index is -0.349. The molecule has 0 aromatic heterocycles. The lowest BCUT2D eigenvalue weighted by atomic mass is 10.1. The predicted octanol–water partition coefficient (Wildman–Crippen LogP) is 1.86. The van der Waals surface area contributed by atoms with E-state index in [1.165, 1.54) is 0 Å². The van der Waals surface area contributed by atoms with E-state index in [0.717, 1.165) is 19.3 Å². The van der Waals surface area contributed by atoms with Crippen LogP contribution >= 0.6 is 0 Å². The van der Waals surface area contributed by atoms with Crippen molar-refractivity contribution in [2.75, 3.05) is 6.61 Å². The van der Waals surface area contributed by atoms with Gasteiger partial charge in [0, 0.05) is 24.2 Å². The first-order valence-corrected chi connectivity index (χ1v) is 5.94. The van der Waals surface area contributed by atoms with Crippen molar-refractivity contribution in [1.82, 2.24) is 5.48 Å². The number of hydrogen-bond donors (Lipinski definition) is 1. The van der Waals surface area contributed by atoms with Gasteiger partial charge < -0.3 is 4.74 Å². The summed E-state index contributed by atoms with van der Waals surface area (Å²) >= 11 is 0. The number of carbonyl (C=O) groups is 1. The van der Waals surface area contributed by atoms with Gasteiger partial charge in [-0.15, -0.1) is 6.42 Å². The Morgan fingerprint density at radius 1 is 1.50 bits per heavy atom. The first kappa shape index (κ1) is 12.6. The van der Waals surface area contributed by atoms with Gasteiger partial charge >= 0.3 is 0 Å². The van der Waals surface area contributed by atoms with E-state index in [1.807, 2.05) is 0 Å². The number of terminal acetylenes is 1. The highest BCUT2D eigenvalue weighted by atomic mass is 16.8. The molecule has 1 atom stereocenters. The van der Waals surface area contributed by atoms with Crippen molar-refractivity contribution >= 4 is 5.91 Å². The molecule has 1 aliphatic heterocycles.